The Balaban J connectivity index is 1.41. The number of rotatable bonds is 7. The van der Waals surface area contributed by atoms with Crippen LogP contribution in [0.3, 0.4) is 0 Å². The molecule has 2 amide bonds. The Kier molecular flexibility index (Phi) is 5.44. The molecule has 0 spiro atoms. The molecule has 0 radical (unpaired) electrons. The maximum Gasteiger partial charge on any atom is 0.254 e. The Labute approximate surface area is 178 Å². The van der Waals surface area contributed by atoms with Crippen molar-refractivity contribution in [1.82, 2.24) is 29.4 Å². The van der Waals surface area contributed by atoms with Gasteiger partial charge in [-0.05, 0) is 37.5 Å². The molecule has 4 heterocycles. The summed E-state index contributed by atoms with van der Waals surface area (Å²) in [5.41, 5.74) is 9.57. The monoisotopic (exact) mass is 418 g/mol. The molecule has 0 fully saturated rings. The van der Waals surface area contributed by atoms with Crippen molar-refractivity contribution in [2.45, 2.75) is 33.2 Å². The molecule has 0 saturated carbocycles. The van der Waals surface area contributed by atoms with Crippen LogP contribution in [0.5, 0.6) is 0 Å². The highest BCUT2D eigenvalue weighted by atomic mass is 16.2. The van der Waals surface area contributed by atoms with Gasteiger partial charge >= 0.3 is 0 Å². The van der Waals surface area contributed by atoms with Crippen molar-refractivity contribution < 1.29 is 9.59 Å². The van der Waals surface area contributed by atoms with Gasteiger partial charge in [-0.25, -0.2) is 9.50 Å². The zero-order chi connectivity index (χ0) is 22.0. The highest BCUT2D eigenvalue weighted by Gasteiger charge is 2.17. The average molecular weight is 418 g/mol. The van der Waals surface area contributed by atoms with Gasteiger partial charge in [0, 0.05) is 42.5 Å². The molecule has 0 bridgehead atoms. The van der Waals surface area contributed by atoms with Crippen LogP contribution in [-0.4, -0.2) is 41.2 Å². The molecule has 0 aliphatic heterocycles. The Morgan fingerprint density at radius 3 is 2.77 bits per heavy atom. The van der Waals surface area contributed by atoms with Crippen LogP contribution in [0, 0.1) is 13.8 Å². The maximum atomic E-state index is 12.5. The van der Waals surface area contributed by atoms with Crippen LogP contribution in [0.15, 0.2) is 43.0 Å². The fourth-order valence-corrected chi connectivity index (χ4v) is 3.49. The van der Waals surface area contributed by atoms with Crippen molar-refractivity contribution >= 4 is 23.3 Å². The summed E-state index contributed by atoms with van der Waals surface area (Å²) in [7, 11) is 0. The molecule has 158 valence electrons. The van der Waals surface area contributed by atoms with Crippen molar-refractivity contribution in [2.75, 3.05) is 5.32 Å². The molecule has 3 N–H and O–H groups in total. The zero-order valence-corrected chi connectivity index (χ0v) is 17.2. The van der Waals surface area contributed by atoms with Crippen molar-refractivity contribution in [3.63, 3.8) is 0 Å². The van der Waals surface area contributed by atoms with Gasteiger partial charge < -0.3 is 11.1 Å². The molecule has 4 rings (SSSR count). The highest BCUT2D eigenvalue weighted by Crippen LogP contribution is 2.18. The highest BCUT2D eigenvalue weighted by molar-refractivity contribution is 5.98. The number of aryl methyl sites for hydroxylation is 2. The summed E-state index contributed by atoms with van der Waals surface area (Å²) in [5, 5.41) is 11.4. The van der Waals surface area contributed by atoms with Gasteiger partial charge in [-0.1, -0.05) is 6.07 Å². The van der Waals surface area contributed by atoms with Gasteiger partial charge in [-0.15, -0.1) is 0 Å². The molecule has 31 heavy (non-hydrogen) atoms. The van der Waals surface area contributed by atoms with E-state index in [1.807, 2.05) is 32.2 Å². The number of hydrogen-bond acceptors (Lipinski definition) is 6. The minimum Gasteiger partial charge on any atom is -0.365 e. The molecule has 0 atom stereocenters. The van der Waals surface area contributed by atoms with Gasteiger partial charge in [0.2, 0.25) is 5.91 Å². The van der Waals surface area contributed by atoms with Crippen molar-refractivity contribution in [2.24, 2.45) is 5.73 Å². The van der Waals surface area contributed by atoms with E-state index in [9.17, 15) is 9.59 Å². The molecule has 10 nitrogen and oxygen atoms in total. The second-order valence-corrected chi connectivity index (χ2v) is 7.23. The molecule has 4 aromatic heterocycles. The van der Waals surface area contributed by atoms with E-state index in [2.05, 4.69) is 25.5 Å². The summed E-state index contributed by atoms with van der Waals surface area (Å²) in [6.45, 7) is 4.30. The molecular formula is C21H22N8O2. The Hall–Kier alpha value is -4.08. The Bertz CT molecular complexity index is 1260. The smallest absolute Gasteiger partial charge is 0.254 e. The van der Waals surface area contributed by atoms with Gasteiger partial charge in [0.05, 0.1) is 12.7 Å². The van der Waals surface area contributed by atoms with E-state index >= 15 is 0 Å². The average Bonchev–Trinajstić information content (AvgIpc) is 3.35. The van der Waals surface area contributed by atoms with E-state index in [0.717, 1.165) is 22.5 Å². The first-order valence-electron chi connectivity index (χ1n) is 9.78. The lowest BCUT2D eigenvalue weighted by molar-refractivity contribution is -0.116. The minimum atomic E-state index is -0.573. The number of pyridine rings is 1. The second kappa shape index (κ2) is 8.34. The fourth-order valence-electron chi connectivity index (χ4n) is 3.49. The van der Waals surface area contributed by atoms with Crippen LogP contribution >= 0.6 is 0 Å². The van der Waals surface area contributed by atoms with E-state index in [1.54, 1.807) is 27.7 Å². The third-order valence-electron chi connectivity index (χ3n) is 5.05. The topological polar surface area (TPSA) is 133 Å². The lowest BCUT2D eigenvalue weighted by atomic mass is 10.1. The first kappa shape index (κ1) is 20.2. The minimum absolute atomic E-state index is 0.149. The fraction of sp³-hybridized carbons (Fsp3) is 0.238. The first-order chi connectivity index (χ1) is 14.9. The molecular weight excluding hydrogens is 396 g/mol. The summed E-state index contributed by atoms with van der Waals surface area (Å²) in [6, 6.07) is 5.59. The number of fused-ring (bicyclic) bond motifs is 1. The largest absolute Gasteiger partial charge is 0.365 e. The molecule has 0 unspecified atom stereocenters. The number of nitrogens with two attached hydrogens (primary N) is 1. The molecule has 0 saturated heterocycles. The molecule has 0 aliphatic carbocycles. The normalized spacial score (nSPS) is 11.0. The zero-order valence-electron chi connectivity index (χ0n) is 17.2. The second-order valence-electron chi connectivity index (χ2n) is 7.23. The first-order valence-corrected chi connectivity index (χ1v) is 9.78. The summed E-state index contributed by atoms with van der Waals surface area (Å²) >= 11 is 0. The summed E-state index contributed by atoms with van der Waals surface area (Å²) in [5.74, 6) is -0.228. The van der Waals surface area contributed by atoms with Gasteiger partial charge in [-0.2, -0.15) is 10.2 Å². The van der Waals surface area contributed by atoms with E-state index < -0.39 is 5.91 Å². The summed E-state index contributed by atoms with van der Waals surface area (Å²) < 4.78 is 3.33. The Morgan fingerprint density at radius 2 is 2.03 bits per heavy atom. The van der Waals surface area contributed by atoms with Crippen LogP contribution in [0.25, 0.3) is 5.65 Å². The predicted octanol–water partition coefficient (Wildman–Crippen LogP) is 1.66. The molecule has 10 heteroatoms. The number of carbonyl (C=O) groups is 2. The van der Waals surface area contributed by atoms with Crippen LogP contribution in [-0.2, 0) is 17.8 Å². The molecule has 4 aromatic rings. The number of anilines is 1. The predicted molar refractivity (Wildman–Crippen MR) is 113 cm³/mol. The van der Waals surface area contributed by atoms with Gasteiger partial charge in [0.15, 0.2) is 11.5 Å². The third-order valence-corrected chi connectivity index (χ3v) is 5.05. The lowest BCUT2D eigenvalue weighted by Gasteiger charge is -2.11. The van der Waals surface area contributed by atoms with Gasteiger partial charge in [0.1, 0.15) is 5.56 Å². The van der Waals surface area contributed by atoms with Crippen LogP contribution in [0.2, 0.25) is 0 Å². The number of aromatic nitrogens is 6. The van der Waals surface area contributed by atoms with Crippen molar-refractivity contribution in [3.05, 3.63) is 71.1 Å². The van der Waals surface area contributed by atoms with Crippen LogP contribution in [0.1, 0.15) is 39.3 Å². The van der Waals surface area contributed by atoms with Gasteiger partial charge in [0.25, 0.3) is 5.91 Å². The van der Waals surface area contributed by atoms with Gasteiger partial charge in [-0.3, -0.25) is 19.3 Å². The standard InChI is InChI=1S/C21H22N8O2/c1-13-16(14(2)29-21(25-13)17(11-24-29)20(22)31)5-6-19(30)26-18-7-9-28(27-18)12-15-4-3-8-23-10-15/h3-4,7-11H,5-6,12H2,1-2H3,(H2,22,31)(H,26,27,30). The SMILES string of the molecule is Cc1nc2c(C(N)=O)cnn2c(C)c1CCC(=O)Nc1ccn(Cc2cccnc2)n1. The van der Waals surface area contributed by atoms with E-state index in [1.165, 1.54) is 6.20 Å². The summed E-state index contributed by atoms with van der Waals surface area (Å²) in [4.78, 5) is 32.6. The quantitative estimate of drug-likeness (QED) is 0.469. The third kappa shape index (κ3) is 4.27. The number of nitrogens with zero attached hydrogens (tertiary/aromatic N) is 6. The summed E-state index contributed by atoms with van der Waals surface area (Å²) in [6.07, 6.45) is 7.46. The number of primary amides is 1. The lowest BCUT2D eigenvalue weighted by Crippen LogP contribution is -2.15. The number of hydrogen-bond donors (Lipinski definition) is 2. The Morgan fingerprint density at radius 1 is 1.19 bits per heavy atom. The number of amides is 2. The van der Waals surface area contributed by atoms with E-state index in [4.69, 9.17) is 5.73 Å². The van der Waals surface area contributed by atoms with Crippen molar-refractivity contribution in [1.29, 1.82) is 0 Å². The van der Waals surface area contributed by atoms with Crippen LogP contribution < -0.4 is 11.1 Å². The van der Waals surface area contributed by atoms with E-state index in [0.29, 0.717) is 24.4 Å². The molecule has 0 aromatic carbocycles. The van der Waals surface area contributed by atoms with E-state index in [-0.39, 0.29) is 17.9 Å². The molecule has 0 aliphatic rings. The van der Waals surface area contributed by atoms with Crippen molar-refractivity contribution in [3.8, 4) is 0 Å². The maximum absolute atomic E-state index is 12.5. The number of nitrogens with one attached hydrogen (secondary N) is 1. The number of carbonyl (C=O) groups excluding carboxylic acids is 2. The van der Waals surface area contributed by atoms with Crippen LogP contribution in [0.4, 0.5) is 5.82 Å².